The summed E-state index contributed by atoms with van der Waals surface area (Å²) in [5.41, 5.74) is 6.94. The molecule has 0 bridgehead atoms. The maximum Gasteiger partial charge on any atom is 0.230 e. The molecule has 1 aliphatic rings. The fourth-order valence-electron chi connectivity index (χ4n) is 3.70. The van der Waals surface area contributed by atoms with E-state index < -0.39 is 0 Å². The van der Waals surface area contributed by atoms with E-state index in [4.69, 9.17) is 16.6 Å². The van der Waals surface area contributed by atoms with Crippen molar-refractivity contribution in [2.24, 2.45) is 0 Å². The molecule has 1 aliphatic carbocycles. The van der Waals surface area contributed by atoms with Gasteiger partial charge in [-0.1, -0.05) is 0 Å². The highest BCUT2D eigenvalue weighted by atomic mass is 16.5. The van der Waals surface area contributed by atoms with Gasteiger partial charge in [0.2, 0.25) is 11.8 Å². The highest BCUT2D eigenvalue weighted by molar-refractivity contribution is 5.76. The molecular formula is C24H19N5O. The predicted molar refractivity (Wildman–Crippen MR) is 115 cm³/mol. The third-order valence-electron chi connectivity index (χ3n) is 5.15. The Morgan fingerprint density at radius 1 is 1.20 bits per heavy atom. The van der Waals surface area contributed by atoms with Crippen LogP contribution in [0.4, 0.5) is 11.6 Å². The second-order valence-corrected chi connectivity index (χ2v) is 7.09. The van der Waals surface area contributed by atoms with E-state index in [1.54, 1.807) is 42.7 Å². The van der Waals surface area contributed by atoms with Crippen molar-refractivity contribution < 1.29 is 4.74 Å². The number of hydrogen-bond donors (Lipinski definition) is 1. The number of ether oxygens (including phenoxy) is 1. The number of anilines is 2. The largest absolute Gasteiger partial charge is 0.438 e. The fraction of sp³-hybridized carbons (Fsp3) is 0.167. The molecular weight excluding hydrogens is 374 g/mol. The molecule has 6 nitrogen and oxygen atoms in total. The first-order chi connectivity index (χ1) is 14.6. The Hall–Kier alpha value is -4.16. The summed E-state index contributed by atoms with van der Waals surface area (Å²) in [6.45, 7) is 11.2. The molecule has 2 aromatic carbocycles. The van der Waals surface area contributed by atoms with Gasteiger partial charge in [-0.05, 0) is 84.8 Å². The van der Waals surface area contributed by atoms with Crippen LogP contribution < -0.4 is 10.1 Å². The van der Waals surface area contributed by atoms with Gasteiger partial charge in [-0.25, -0.2) is 9.83 Å². The van der Waals surface area contributed by atoms with Crippen molar-refractivity contribution >= 4 is 17.2 Å². The maximum atomic E-state index is 8.91. The molecule has 1 aromatic heterocycles. The van der Waals surface area contributed by atoms with Crippen molar-refractivity contribution in [1.82, 2.24) is 9.97 Å². The summed E-state index contributed by atoms with van der Waals surface area (Å²) in [6.07, 6.45) is 5.06. The van der Waals surface area contributed by atoms with Gasteiger partial charge in [-0.2, -0.15) is 10.2 Å². The lowest BCUT2D eigenvalue weighted by molar-refractivity contribution is 0.455. The number of allylic oxidation sites excluding steroid dienone is 1. The van der Waals surface area contributed by atoms with Crippen LogP contribution in [0.1, 0.15) is 34.2 Å². The van der Waals surface area contributed by atoms with Gasteiger partial charge in [0.25, 0.3) is 0 Å². The first-order valence-corrected chi connectivity index (χ1v) is 9.56. The molecule has 0 fully saturated rings. The third kappa shape index (κ3) is 3.72. The van der Waals surface area contributed by atoms with Crippen LogP contribution in [0.5, 0.6) is 11.6 Å². The summed E-state index contributed by atoms with van der Waals surface area (Å²) in [6, 6.07) is 13.0. The molecule has 1 N–H and O–H groups in total. The number of nitriles is 1. The van der Waals surface area contributed by atoms with Gasteiger partial charge in [-0.3, -0.25) is 0 Å². The quantitative estimate of drug-likeness (QED) is 0.575. The van der Waals surface area contributed by atoms with Gasteiger partial charge in [-0.15, -0.1) is 0 Å². The number of benzene rings is 2. The molecule has 0 saturated heterocycles. The minimum atomic E-state index is 0.413. The molecule has 30 heavy (non-hydrogen) atoms. The number of nitrogens with one attached hydrogen (secondary N) is 1. The molecule has 146 valence electrons. The van der Waals surface area contributed by atoms with Crippen LogP contribution in [-0.2, 0) is 6.42 Å². The summed E-state index contributed by atoms with van der Waals surface area (Å²) in [4.78, 5) is 12.2. The zero-order valence-corrected chi connectivity index (χ0v) is 16.7. The van der Waals surface area contributed by atoms with Crippen LogP contribution in [0.25, 0.3) is 10.4 Å². The Labute approximate surface area is 175 Å². The molecule has 1 heterocycles. The number of nitrogens with zero attached hydrogens (tertiary/aromatic N) is 4. The highest BCUT2D eigenvalue weighted by Gasteiger charge is 2.22. The number of hydrogen-bond acceptors (Lipinski definition) is 5. The number of rotatable bonds is 4. The van der Waals surface area contributed by atoms with E-state index in [1.165, 1.54) is 5.56 Å². The second kappa shape index (κ2) is 8.06. The van der Waals surface area contributed by atoms with Crippen LogP contribution >= 0.6 is 0 Å². The normalized spacial score (nSPS) is 13.4. The molecule has 0 radical (unpaired) electrons. The Bertz CT molecular complexity index is 1230. The number of aromatic nitrogens is 2. The monoisotopic (exact) mass is 393 g/mol. The molecule has 0 spiro atoms. The highest BCUT2D eigenvalue weighted by Crippen LogP contribution is 2.41. The van der Waals surface area contributed by atoms with Gasteiger partial charge >= 0.3 is 0 Å². The fourth-order valence-corrected chi connectivity index (χ4v) is 3.70. The molecule has 4 rings (SSSR count). The van der Waals surface area contributed by atoms with E-state index in [2.05, 4.69) is 39.2 Å². The third-order valence-corrected chi connectivity index (χ3v) is 5.15. The van der Waals surface area contributed by atoms with Crippen LogP contribution in [-0.4, -0.2) is 9.97 Å². The molecule has 3 aromatic rings. The summed E-state index contributed by atoms with van der Waals surface area (Å²) in [5.74, 6) is 1.65. The van der Waals surface area contributed by atoms with Gasteiger partial charge < -0.3 is 10.1 Å². The Balaban J connectivity index is 1.60. The van der Waals surface area contributed by atoms with Crippen molar-refractivity contribution in [3.8, 4) is 17.7 Å². The lowest BCUT2D eigenvalue weighted by Crippen LogP contribution is -2.01. The molecule has 0 atom stereocenters. The van der Waals surface area contributed by atoms with Crippen LogP contribution in [0, 0.1) is 31.8 Å². The summed E-state index contributed by atoms with van der Waals surface area (Å²) in [7, 11) is 0. The van der Waals surface area contributed by atoms with Crippen molar-refractivity contribution in [3.05, 3.63) is 88.0 Å². The first kappa shape index (κ1) is 19.2. The van der Waals surface area contributed by atoms with Gasteiger partial charge in [0.1, 0.15) is 5.75 Å². The summed E-state index contributed by atoms with van der Waals surface area (Å²) in [5, 5.41) is 12.0. The molecule has 6 heteroatoms. The zero-order chi connectivity index (χ0) is 21.1. The first-order valence-electron chi connectivity index (χ1n) is 9.56. The number of aryl methyl sites for hydroxylation is 1. The minimum absolute atomic E-state index is 0.413. The van der Waals surface area contributed by atoms with E-state index in [9.17, 15) is 0 Å². The lowest BCUT2D eigenvalue weighted by Gasteiger charge is -2.15. The minimum Gasteiger partial charge on any atom is -0.438 e. The van der Waals surface area contributed by atoms with Crippen molar-refractivity contribution in [2.75, 3.05) is 5.32 Å². The molecule has 0 amide bonds. The van der Waals surface area contributed by atoms with Gasteiger partial charge in [0, 0.05) is 18.0 Å². The molecule has 0 saturated carbocycles. The second-order valence-electron chi connectivity index (χ2n) is 7.09. The van der Waals surface area contributed by atoms with Gasteiger partial charge in [0.05, 0.1) is 18.2 Å². The van der Waals surface area contributed by atoms with Crippen molar-refractivity contribution in [3.63, 3.8) is 0 Å². The van der Waals surface area contributed by atoms with E-state index in [1.807, 2.05) is 6.92 Å². The topological polar surface area (TPSA) is 75.2 Å². The average molecular weight is 393 g/mol. The molecule has 0 unspecified atom stereocenters. The average Bonchev–Trinajstić information content (AvgIpc) is 3.15. The Morgan fingerprint density at radius 2 is 2.00 bits per heavy atom. The SMILES string of the molecule is [C-]#[N+]/C=C1\CCc2c1cc(C)c(Oc1ccnc(Nc3ccc(C#N)cc3)n1)c2C. The van der Waals surface area contributed by atoms with E-state index in [-0.39, 0.29) is 0 Å². The van der Waals surface area contributed by atoms with E-state index in [0.29, 0.717) is 17.4 Å². The zero-order valence-electron chi connectivity index (χ0n) is 16.7. The van der Waals surface area contributed by atoms with Crippen molar-refractivity contribution in [2.45, 2.75) is 26.7 Å². The van der Waals surface area contributed by atoms with E-state index in [0.717, 1.165) is 46.5 Å². The Kier molecular flexibility index (Phi) is 5.15. The van der Waals surface area contributed by atoms with Gasteiger partial charge in [0.15, 0.2) is 6.20 Å². The smallest absolute Gasteiger partial charge is 0.230 e. The predicted octanol–water partition coefficient (Wildman–Crippen LogP) is 5.71. The van der Waals surface area contributed by atoms with Crippen LogP contribution in [0.15, 0.2) is 48.8 Å². The number of fused-ring (bicyclic) bond motifs is 1. The summed E-state index contributed by atoms with van der Waals surface area (Å²) < 4.78 is 6.16. The maximum absolute atomic E-state index is 8.91. The Morgan fingerprint density at radius 3 is 2.73 bits per heavy atom. The summed E-state index contributed by atoms with van der Waals surface area (Å²) >= 11 is 0. The molecule has 0 aliphatic heterocycles. The van der Waals surface area contributed by atoms with Crippen LogP contribution in [0.2, 0.25) is 0 Å². The van der Waals surface area contributed by atoms with Crippen molar-refractivity contribution in [1.29, 1.82) is 5.26 Å². The lowest BCUT2D eigenvalue weighted by atomic mass is 9.98. The van der Waals surface area contributed by atoms with E-state index >= 15 is 0 Å². The standard InChI is InChI=1S/C24H19N5O/c1-15-12-21-18(14-26-3)6-9-20(21)16(2)23(15)30-22-10-11-27-24(29-22)28-19-7-4-17(13-25)5-8-19/h4-5,7-8,10-12,14H,6,9H2,1-2H3,(H,27,28,29)/b18-14+. The van der Waals surface area contributed by atoms with Crippen LogP contribution in [0.3, 0.4) is 0 Å².